The highest BCUT2D eigenvalue weighted by Crippen LogP contribution is 2.06. The van der Waals surface area contributed by atoms with Gasteiger partial charge >= 0.3 is 5.97 Å². The van der Waals surface area contributed by atoms with E-state index in [9.17, 15) is 4.79 Å². The van der Waals surface area contributed by atoms with Crippen LogP contribution < -0.4 is 0 Å². The quantitative estimate of drug-likeness (QED) is 0.685. The minimum Gasteiger partial charge on any atom is -0.466 e. The first-order valence-corrected chi connectivity index (χ1v) is 4.93. The van der Waals surface area contributed by atoms with Crippen molar-refractivity contribution in [1.82, 2.24) is 0 Å². The van der Waals surface area contributed by atoms with Crippen LogP contribution in [-0.2, 0) is 16.0 Å². The van der Waals surface area contributed by atoms with Gasteiger partial charge in [0.25, 0.3) is 0 Å². The first-order chi connectivity index (χ1) is 6.72. The zero-order chi connectivity index (χ0) is 10.4. The predicted octanol–water partition coefficient (Wildman–Crippen LogP) is 2.49. The lowest BCUT2D eigenvalue weighted by Gasteiger charge is -2.02. The standard InChI is InChI=1S/C12H16O2/c1-3-14-12(13)9-8-11-6-4-10(2)5-7-11/h4-7H,3,8-9H2,1-2H3. The van der Waals surface area contributed by atoms with Crippen LogP contribution in [0.15, 0.2) is 24.3 Å². The van der Waals surface area contributed by atoms with Crippen molar-refractivity contribution in [2.24, 2.45) is 0 Å². The molecule has 0 radical (unpaired) electrons. The second kappa shape index (κ2) is 5.43. The van der Waals surface area contributed by atoms with Gasteiger partial charge in [-0.05, 0) is 25.8 Å². The number of ether oxygens (including phenoxy) is 1. The number of carbonyl (C=O) groups is 1. The summed E-state index contributed by atoms with van der Waals surface area (Å²) in [5.41, 5.74) is 2.42. The van der Waals surface area contributed by atoms with E-state index in [0.29, 0.717) is 13.0 Å². The highest BCUT2D eigenvalue weighted by molar-refractivity contribution is 5.69. The number of benzene rings is 1. The maximum atomic E-state index is 11.1. The monoisotopic (exact) mass is 192 g/mol. The zero-order valence-electron chi connectivity index (χ0n) is 8.75. The third kappa shape index (κ3) is 3.60. The van der Waals surface area contributed by atoms with Crippen LogP contribution in [0.2, 0.25) is 0 Å². The smallest absolute Gasteiger partial charge is 0.306 e. The van der Waals surface area contributed by atoms with E-state index in [1.165, 1.54) is 11.1 Å². The average molecular weight is 192 g/mol. The highest BCUT2D eigenvalue weighted by atomic mass is 16.5. The molecule has 1 aromatic rings. The van der Waals surface area contributed by atoms with Gasteiger partial charge in [0.05, 0.1) is 6.61 Å². The Morgan fingerprint density at radius 2 is 1.93 bits per heavy atom. The van der Waals surface area contributed by atoms with Crippen LogP contribution in [0.1, 0.15) is 24.5 Å². The Labute approximate surface area is 84.9 Å². The van der Waals surface area contributed by atoms with Crippen molar-refractivity contribution in [3.63, 3.8) is 0 Å². The number of aryl methyl sites for hydroxylation is 2. The van der Waals surface area contributed by atoms with Crippen LogP contribution in [0.25, 0.3) is 0 Å². The molecule has 2 heteroatoms. The maximum Gasteiger partial charge on any atom is 0.306 e. The summed E-state index contributed by atoms with van der Waals surface area (Å²) in [7, 11) is 0. The molecule has 0 aliphatic rings. The average Bonchev–Trinajstić information content (AvgIpc) is 2.17. The lowest BCUT2D eigenvalue weighted by molar-refractivity contribution is -0.143. The summed E-state index contributed by atoms with van der Waals surface area (Å²) in [6.07, 6.45) is 1.23. The van der Waals surface area contributed by atoms with Crippen LogP contribution in [0, 0.1) is 6.92 Å². The molecule has 0 fully saturated rings. The first-order valence-electron chi connectivity index (χ1n) is 4.93. The Morgan fingerprint density at radius 3 is 2.50 bits per heavy atom. The Bertz CT molecular complexity index is 288. The molecule has 0 spiro atoms. The summed E-state index contributed by atoms with van der Waals surface area (Å²) in [4.78, 5) is 11.1. The van der Waals surface area contributed by atoms with Crippen LogP contribution in [0.5, 0.6) is 0 Å². The number of rotatable bonds is 4. The molecular weight excluding hydrogens is 176 g/mol. The van der Waals surface area contributed by atoms with E-state index < -0.39 is 0 Å². The van der Waals surface area contributed by atoms with Gasteiger partial charge in [-0.3, -0.25) is 4.79 Å². The minimum atomic E-state index is -0.118. The topological polar surface area (TPSA) is 26.3 Å². The van der Waals surface area contributed by atoms with E-state index in [2.05, 4.69) is 31.2 Å². The number of hydrogen-bond donors (Lipinski definition) is 0. The van der Waals surface area contributed by atoms with E-state index in [0.717, 1.165) is 6.42 Å². The van der Waals surface area contributed by atoms with Crippen LogP contribution in [-0.4, -0.2) is 12.6 Å². The molecule has 14 heavy (non-hydrogen) atoms. The normalized spacial score (nSPS) is 9.86. The molecule has 76 valence electrons. The molecule has 0 aliphatic heterocycles. The predicted molar refractivity (Wildman–Crippen MR) is 56.1 cm³/mol. The highest BCUT2D eigenvalue weighted by Gasteiger charge is 2.01. The van der Waals surface area contributed by atoms with Gasteiger partial charge in [-0.15, -0.1) is 0 Å². The van der Waals surface area contributed by atoms with Gasteiger partial charge in [-0.1, -0.05) is 29.8 Å². The van der Waals surface area contributed by atoms with Gasteiger partial charge < -0.3 is 4.74 Å². The third-order valence-electron chi connectivity index (χ3n) is 2.04. The number of esters is 1. The van der Waals surface area contributed by atoms with Crippen LogP contribution >= 0.6 is 0 Å². The Balaban J connectivity index is 2.38. The molecule has 0 N–H and O–H groups in total. The van der Waals surface area contributed by atoms with E-state index in [-0.39, 0.29) is 5.97 Å². The van der Waals surface area contributed by atoms with Gasteiger partial charge in [0.2, 0.25) is 0 Å². The van der Waals surface area contributed by atoms with Crippen molar-refractivity contribution in [2.75, 3.05) is 6.61 Å². The SMILES string of the molecule is CCOC(=O)CCc1ccc(C)cc1. The first kappa shape index (κ1) is 10.8. The fraction of sp³-hybridized carbons (Fsp3) is 0.417. The molecule has 1 aromatic carbocycles. The third-order valence-corrected chi connectivity index (χ3v) is 2.04. The fourth-order valence-electron chi connectivity index (χ4n) is 1.23. The molecule has 0 aliphatic carbocycles. The van der Waals surface area contributed by atoms with Gasteiger partial charge in [-0.25, -0.2) is 0 Å². The van der Waals surface area contributed by atoms with Gasteiger partial charge in [0.1, 0.15) is 0 Å². The molecule has 2 nitrogen and oxygen atoms in total. The molecular formula is C12H16O2. The zero-order valence-corrected chi connectivity index (χ0v) is 8.75. The second-order valence-electron chi connectivity index (χ2n) is 3.29. The van der Waals surface area contributed by atoms with E-state index in [1.807, 2.05) is 6.92 Å². The van der Waals surface area contributed by atoms with Crippen LogP contribution in [0.3, 0.4) is 0 Å². The lowest BCUT2D eigenvalue weighted by Crippen LogP contribution is -2.04. The molecule has 0 saturated carbocycles. The second-order valence-corrected chi connectivity index (χ2v) is 3.29. The number of carbonyl (C=O) groups excluding carboxylic acids is 1. The minimum absolute atomic E-state index is 0.118. The summed E-state index contributed by atoms with van der Waals surface area (Å²) in [6, 6.07) is 8.21. The largest absolute Gasteiger partial charge is 0.466 e. The summed E-state index contributed by atoms with van der Waals surface area (Å²) in [5.74, 6) is -0.118. The number of hydrogen-bond acceptors (Lipinski definition) is 2. The summed E-state index contributed by atoms with van der Waals surface area (Å²) in [5, 5.41) is 0. The fourth-order valence-corrected chi connectivity index (χ4v) is 1.23. The summed E-state index contributed by atoms with van der Waals surface area (Å²) >= 11 is 0. The molecule has 0 aromatic heterocycles. The van der Waals surface area contributed by atoms with Crippen molar-refractivity contribution in [3.8, 4) is 0 Å². The van der Waals surface area contributed by atoms with Crippen molar-refractivity contribution in [3.05, 3.63) is 35.4 Å². The van der Waals surface area contributed by atoms with Gasteiger partial charge in [0, 0.05) is 6.42 Å². The summed E-state index contributed by atoms with van der Waals surface area (Å²) < 4.78 is 4.85. The Hall–Kier alpha value is -1.31. The molecule has 0 amide bonds. The Morgan fingerprint density at radius 1 is 1.29 bits per heavy atom. The van der Waals surface area contributed by atoms with Crippen molar-refractivity contribution in [1.29, 1.82) is 0 Å². The molecule has 0 unspecified atom stereocenters. The van der Waals surface area contributed by atoms with Crippen LogP contribution in [0.4, 0.5) is 0 Å². The van der Waals surface area contributed by atoms with E-state index in [1.54, 1.807) is 0 Å². The molecule has 0 atom stereocenters. The van der Waals surface area contributed by atoms with Crippen molar-refractivity contribution >= 4 is 5.97 Å². The van der Waals surface area contributed by atoms with E-state index >= 15 is 0 Å². The maximum absolute atomic E-state index is 11.1. The molecule has 1 rings (SSSR count). The molecule has 0 saturated heterocycles. The summed E-state index contributed by atoms with van der Waals surface area (Å²) in [6.45, 7) is 4.34. The van der Waals surface area contributed by atoms with Gasteiger partial charge in [-0.2, -0.15) is 0 Å². The molecule has 0 heterocycles. The van der Waals surface area contributed by atoms with Crippen molar-refractivity contribution < 1.29 is 9.53 Å². The van der Waals surface area contributed by atoms with Gasteiger partial charge in [0.15, 0.2) is 0 Å². The lowest BCUT2D eigenvalue weighted by atomic mass is 10.1. The van der Waals surface area contributed by atoms with E-state index in [4.69, 9.17) is 4.74 Å². The van der Waals surface area contributed by atoms with Crippen molar-refractivity contribution in [2.45, 2.75) is 26.7 Å². The Kier molecular flexibility index (Phi) is 4.17. The molecule has 0 bridgehead atoms.